The van der Waals surface area contributed by atoms with Gasteiger partial charge in [-0.05, 0) is 31.5 Å². The number of likely N-dealkylation sites (tertiary alicyclic amines) is 1. The lowest BCUT2D eigenvalue weighted by atomic mass is 10.0. The van der Waals surface area contributed by atoms with Gasteiger partial charge >= 0.3 is 0 Å². The van der Waals surface area contributed by atoms with Gasteiger partial charge in [0.2, 0.25) is 0 Å². The van der Waals surface area contributed by atoms with Crippen molar-refractivity contribution in [3.05, 3.63) is 65.3 Å². The first-order valence-corrected chi connectivity index (χ1v) is 9.00. The predicted octanol–water partition coefficient (Wildman–Crippen LogP) is 2.51. The fraction of sp³-hybridized carbons (Fsp3) is 0.400. The Balaban J connectivity index is 1.39. The molecule has 1 aliphatic rings. The first kappa shape index (κ1) is 17.0. The Labute approximate surface area is 153 Å². The van der Waals surface area contributed by atoms with E-state index in [1.807, 2.05) is 29.9 Å². The third-order valence-electron chi connectivity index (χ3n) is 4.93. The van der Waals surface area contributed by atoms with Crippen molar-refractivity contribution in [1.29, 1.82) is 0 Å². The maximum absolute atomic E-state index is 10.4. The van der Waals surface area contributed by atoms with E-state index in [4.69, 9.17) is 4.52 Å². The molecular formula is C20H24N4O2. The van der Waals surface area contributed by atoms with Crippen LogP contribution in [0.2, 0.25) is 0 Å². The lowest BCUT2D eigenvalue weighted by molar-refractivity contribution is 0.137. The minimum atomic E-state index is -0.341. The summed E-state index contributed by atoms with van der Waals surface area (Å²) in [7, 11) is 0. The van der Waals surface area contributed by atoms with Gasteiger partial charge in [-0.25, -0.2) is 4.68 Å². The molecule has 0 radical (unpaired) electrons. The summed E-state index contributed by atoms with van der Waals surface area (Å²) in [5, 5.41) is 18.8. The second kappa shape index (κ2) is 7.05. The molecule has 136 valence electrons. The number of aliphatic hydroxyl groups excluding tert-OH is 1. The lowest BCUT2D eigenvalue weighted by Crippen LogP contribution is -2.21. The van der Waals surface area contributed by atoms with Crippen LogP contribution in [0.25, 0.3) is 5.69 Å². The number of aromatic nitrogens is 3. The van der Waals surface area contributed by atoms with Gasteiger partial charge in [-0.3, -0.25) is 4.90 Å². The molecule has 3 heterocycles. The van der Waals surface area contributed by atoms with Gasteiger partial charge in [0.15, 0.2) is 0 Å². The summed E-state index contributed by atoms with van der Waals surface area (Å²) in [5.41, 5.74) is 4.31. The average Bonchev–Trinajstić information content (AvgIpc) is 3.30. The summed E-state index contributed by atoms with van der Waals surface area (Å²) in [6.45, 7) is 6.30. The van der Waals surface area contributed by atoms with E-state index in [9.17, 15) is 5.11 Å². The maximum Gasteiger partial charge on any atom is 0.137 e. The van der Waals surface area contributed by atoms with Gasteiger partial charge in [0.25, 0.3) is 0 Å². The van der Waals surface area contributed by atoms with Gasteiger partial charge in [0, 0.05) is 49.8 Å². The van der Waals surface area contributed by atoms with E-state index in [0.717, 1.165) is 42.2 Å². The SMILES string of the molecule is Cc1cccc(-n2cc(CN3CC(O)C(Cc4cc(C)no4)C3)cn2)c1. The Morgan fingerprint density at radius 1 is 1.23 bits per heavy atom. The molecule has 1 fully saturated rings. The third-order valence-corrected chi connectivity index (χ3v) is 4.93. The Morgan fingerprint density at radius 3 is 2.88 bits per heavy atom. The van der Waals surface area contributed by atoms with Gasteiger partial charge in [-0.15, -0.1) is 0 Å². The van der Waals surface area contributed by atoms with Crippen molar-refractivity contribution in [1.82, 2.24) is 19.8 Å². The van der Waals surface area contributed by atoms with Crippen LogP contribution in [0.1, 0.15) is 22.6 Å². The highest BCUT2D eigenvalue weighted by Crippen LogP contribution is 2.23. The summed E-state index contributed by atoms with van der Waals surface area (Å²) in [4.78, 5) is 2.27. The largest absolute Gasteiger partial charge is 0.391 e. The van der Waals surface area contributed by atoms with Crippen LogP contribution in [-0.2, 0) is 13.0 Å². The topological polar surface area (TPSA) is 67.3 Å². The molecule has 26 heavy (non-hydrogen) atoms. The number of benzene rings is 1. The van der Waals surface area contributed by atoms with Crippen LogP contribution in [0.3, 0.4) is 0 Å². The van der Waals surface area contributed by atoms with E-state index in [2.05, 4.69) is 46.5 Å². The van der Waals surface area contributed by atoms with Crippen molar-refractivity contribution >= 4 is 0 Å². The number of nitrogens with zero attached hydrogens (tertiary/aromatic N) is 4. The summed E-state index contributed by atoms with van der Waals surface area (Å²) < 4.78 is 7.20. The van der Waals surface area contributed by atoms with Crippen LogP contribution in [0.15, 0.2) is 47.2 Å². The molecule has 6 heteroatoms. The molecular weight excluding hydrogens is 328 g/mol. The van der Waals surface area contributed by atoms with E-state index in [1.54, 1.807) is 0 Å². The van der Waals surface area contributed by atoms with E-state index in [0.29, 0.717) is 6.54 Å². The van der Waals surface area contributed by atoms with E-state index >= 15 is 0 Å². The standard InChI is InChI=1S/C20H24N4O2/c1-14-4-3-5-18(6-14)24-11-16(9-21-24)10-23-12-17(20(25)13-23)8-19-7-15(2)22-26-19/h3-7,9,11,17,20,25H,8,10,12-13H2,1-2H3. The molecule has 0 spiro atoms. The zero-order valence-corrected chi connectivity index (χ0v) is 15.2. The van der Waals surface area contributed by atoms with Crippen molar-refractivity contribution in [3.8, 4) is 5.69 Å². The lowest BCUT2D eigenvalue weighted by Gasteiger charge is -2.13. The van der Waals surface area contributed by atoms with Crippen molar-refractivity contribution in [2.75, 3.05) is 13.1 Å². The van der Waals surface area contributed by atoms with E-state index < -0.39 is 0 Å². The first-order valence-electron chi connectivity index (χ1n) is 9.00. The van der Waals surface area contributed by atoms with Gasteiger partial charge in [0.1, 0.15) is 5.76 Å². The zero-order chi connectivity index (χ0) is 18.1. The molecule has 0 aliphatic carbocycles. The smallest absolute Gasteiger partial charge is 0.137 e. The van der Waals surface area contributed by atoms with Crippen LogP contribution < -0.4 is 0 Å². The summed E-state index contributed by atoms with van der Waals surface area (Å²) in [6, 6.07) is 10.2. The second-order valence-corrected chi connectivity index (χ2v) is 7.29. The molecule has 6 nitrogen and oxygen atoms in total. The second-order valence-electron chi connectivity index (χ2n) is 7.29. The average molecular weight is 352 g/mol. The third kappa shape index (κ3) is 3.71. The fourth-order valence-electron chi connectivity index (χ4n) is 3.65. The minimum absolute atomic E-state index is 0.175. The summed E-state index contributed by atoms with van der Waals surface area (Å²) >= 11 is 0. The quantitative estimate of drug-likeness (QED) is 0.764. The molecule has 0 bridgehead atoms. The number of hydrogen-bond donors (Lipinski definition) is 1. The highest BCUT2D eigenvalue weighted by Gasteiger charge is 2.32. The Morgan fingerprint density at radius 2 is 2.12 bits per heavy atom. The van der Waals surface area contributed by atoms with Crippen molar-refractivity contribution in [2.24, 2.45) is 5.92 Å². The van der Waals surface area contributed by atoms with Crippen LogP contribution in [0.4, 0.5) is 0 Å². The van der Waals surface area contributed by atoms with Gasteiger partial charge in [0.05, 0.1) is 23.7 Å². The molecule has 0 amide bonds. The first-order chi connectivity index (χ1) is 12.6. The van der Waals surface area contributed by atoms with Crippen molar-refractivity contribution in [2.45, 2.75) is 32.9 Å². The molecule has 2 unspecified atom stereocenters. The molecule has 1 aromatic carbocycles. The normalized spacial score (nSPS) is 20.7. The van der Waals surface area contributed by atoms with E-state index in [-0.39, 0.29) is 12.0 Å². The number of rotatable bonds is 5. The molecule has 3 aromatic rings. The van der Waals surface area contributed by atoms with Gasteiger partial charge < -0.3 is 9.63 Å². The monoisotopic (exact) mass is 352 g/mol. The van der Waals surface area contributed by atoms with Crippen LogP contribution >= 0.6 is 0 Å². The highest BCUT2D eigenvalue weighted by molar-refractivity contribution is 5.35. The molecule has 0 saturated carbocycles. The number of β-amino-alcohol motifs (C(OH)–C–C–N with tert-alkyl or cyclic N) is 1. The molecule has 2 aromatic heterocycles. The number of hydrogen-bond acceptors (Lipinski definition) is 5. The van der Waals surface area contributed by atoms with Gasteiger partial charge in [-0.1, -0.05) is 17.3 Å². The Bertz CT molecular complexity index is 885. The number of aryl methyl sites for hydroxylation is 2. The highest BCUT2D eigenvalue weighted by atomic mass is 16.5. The van der Waals surface area contributed by atoms with Crippen molar-refractivity contribution < 1.29 is 9.63 Å². The predicted molar refractivity (Wildman–Crippen MR) is 98.0 cm³/mol. The zero-order valence-electron chi connectivity index (χ0n) is 15.2. The van der Waals surface area contributed by atoms with Crippen molar-refractivity contribution in [3.63, 3.8) is 0 Å². The molecule has 1 aliphatic heterocycles. The minimum Gasteiger partial charge on any atom is -0.391 e. The maximum atomic E-state index is 10.4. The van der Waals surface area contributed by atoms with Crippen LogP contribution in [0.5, 0.6) is 0 Å². The molecule has 4 rings (SSSR count). The molecule has 1 N–H and O–H groups in total. The van der Waals surface area contributed by atoms with Crippen LogP contribution in [0, 0.1) is 19.8 Å². The van der Waals surface area contributed by atoms with Gasteiger partial charge in [-0.2, -0.15) is 5.10 Å². The Hall–Kier alpha value is -2.44. The summed E-state index contributed by atoms with van der Waals surface area (Å²) in [6.07, 6.45) is 4.35. The fourth-order valence-corrected chi connectivity index (χ4v) is 3.65. The van der Waals surface area contributed by atoms with Crippen LogP contribution in [-0.4, -0.2) is 44.1 Å². The Kier molecular flexibility index (Phi) is 4.61. The molecule has 2 atom stereocenters. The number of aliphatic hydroxyl groups is 1. The summed E-state index contributed by atoms with van der Waals surface area (Å²) in [5.74, 6) is 1.02. The molecule has 1 saturated heterocycles. The van der Waals surface area contributed by atoms with E-state index in [1.165, 1.54) is 5.56 Å².